The Morgan fingerprint density at radius 1 is 0.800 bits per heavy atom. The summed E-state index contributed by atoms with van der Waals surface area (Å²) < 4.78 is 3.31. The van der Waals surface area contributed by atoms with E-state index in [1.807, 2.05) is 36.4 Å². The van der Waals surface area contributed by atoms with Crippen molar-refractivity contribution >= 4 is 32.7 Å². The van der Waals surface area contributed by atoms with Gasteiger partial charge in [-0.1, -0.05) is 94.8 Å². The van der Waals surface area contributed by atoms with Crippen LogP contribution < -0.4 is 0 Å². The van der Waals surface area contributed by atoms with Crippen molar-refractivity contribution in [3.8, 4) is 11.3 Å². The first-order valence-electron chi connectivity index (χ1n) is 11.9. The maximum absolute atomic E-state index is 13.9. The molecule has 0 fully saturated rings. The van der Waals surface area contributed by atoms with E-state index in [-0.39, 0.29) is 18.0 Å². The Morgan fingerprint density at radius 2 is 1.46 bits per heavy atom. The molecule has 0 saturated carbocycles. The Bertz CT molecular complexity index is 1550. The Hall–Kier alpha value is -3.63. The monoisotopic (exact) mass is 520 g/mol. The summed E-state index contributed by atoms with van der Waals surface area (Å²) in [5, 5.41) is 1.17. The number of benzene rings is 4. The molecular formula is C31H25BrN2O. The van der Waals surface area contributed by atoms with Crippen molar-refractivity contribution in [1.82, 2.24) is 9.47 Å². The van der Waals surface area contributed by atoms with Gasteiger partial charge in [-0.2, -0.15) is 0 Å². The zero-order chi connectivity index (χ0) is 24.1. The summed E-state index contributed by atoms with van der Waals surface area (Å²) in [5.74, 6) is 0.0802. The number of hydrogen-bond donors (Lipinski definition) is 0. The first-order chi connectivity index (χ1) is 17.1. The Balaban J connectivity index is 1.66. The number of para-hydroxylation sites is 1. The minimum absolute atomic E-state index is 0.0802. The molecule has 0 aliphatic carbocycles. The molecule has 0 spiro atoms. The van der Waals surface area contributed by atoms with Crippen molar-refractivity contribution < 1.29 is 4.79 Å². The smallest absolute Gasteiger partial charge is 0.255 e. The van der Waals surface area contributed by atoms with Gasteiger partial charge in [0, 0.05) is 33.6 Å². The maximum Gasteiger partial charge on any atom is 0.255 e. The molecule has 172 valence electrons. The molecule has 5 aromatic rings. The molecule has 2 atom stereocenters. The number of carbonyl (C=O) groups is 1. The summed E-state index contributed by atoms with van der Waals surface area (Å²) >= 11 is 3.58. The molecule has 0 radical (unpaired) electrons. The molecule has 1 aliphatic heterocycles. The molecule has 1 aromatic heterocycles. The summed E-state index contributed by atoms with van der Waals surface area (Å²) in [6.45, 7) is 2.14. The van der Waals surface area contributed by atoms with Crippen LogP contribution in [-0.4, -0.2) is 15.4 Å². The fourth-order valence-electron chi connectivity index (χ4n) is 5.58. The second-order valence-electron chi connectivity index (χ2n) is 9.13. The van der Waals surface area contributed by atoms with Gasteiger partial charge in [0.15, 0.2) is 0 Å². The van der Waals surface area contributed by atoms with Crippen molar-refractivity contribution in [2.24, 2.45) is 7.05 Å². The van der Waals surface area contributed by atoms with Crippen molar-refractivity contribution in [1.29, 1.82) is 0 Å². The summed E-state index contributed by atoms with van der Waals surface area (Å²) in [6, 6.07) is 35.1. The number of aromatic nitrogens is 1. The van der Waals surface area contributed by atoms with Crippen molar-refractivity contribution in [2.45, 2.75) is 19.0 Å². The number of nitrogens with zero attached hydrogens (tertiary/aromatic N) is 2. The lowest BCUT2D eigenvalue weighted by molar-refractivity contribution is 0.0678. The molecule has 2 heterocycles. The van der Waals surface area contributed by atoms with Gasteiger partial charge in [-0.05, 0) is 47.9 Å². The van der Waals surface area contributed by atoms with E-state index >= 15 is 0 Å². The molecule has 4 aromatic carbocycles. The van der Waals surface area contributed by atoms with Crippen LogP contribution in [0.15, 0.2) is 108 Å². The standard InChI is InChI=1S/C31H25BrN2O/c1-20(21-10-4-3-5-11-21)34-30(24-12-6-7-13-25(24)31(34)35)28-26-14-8-9-15-27(26)33(2)29(28)22-16-18-23(32)19-17-22/h3-20,30H,1-2H3. The third-order valence-corrected chi connectivity index (χ3v) is 7.76. The summed E-state index contributed by atoms with van der Waals surface area (Å²) in [6.07, 6.45) is 0. The van der Waals surface area contributed by atoms with Gasteiger partial charge in [-0.3, -0.25) is 4.79 Å². The highest BCUT2D eigenvalue weighted by atomic mass is 79.9. The van der Waals surface area contributed by atoms with Crippen LogP contribution in [0.1, 0.15) is 46.1 Å². The number of carbonyl (C=O) groups excluding carboxylic acids is 1. The number of aryl methyl sites for hydroxylation is 1. The normalized spacial score (nSPS) is 16.0. The zero-order valence-corrected chi connectivity index (χ0v) is 21.2. The van der Waals surface area contributed by atoms with Crippen molar-refractivity contribution in [3.05, 3.63) is 130 Å². The summed E-state index contributed by atoms with van der Waals surface area (Å²) in [4.78, 5) is 16.0. The van der Waals surface area contributed by atoms with E-state index in [1.165, 1.54) is 10.9 Å². The van der Waals surface area contributed by atoms with E-state index in [9.17, 15) is 4.79 Å². The fourth-order valence-corrected chi connectivity index (χ4v) is 5.84. The van der Waals surface area contributed by atoms with Gasteiger partial charge in [-0.25, -0.2) is 0 Å². The van der Waals surface area contributed by atoms with Crippen LogP contribution in [0.5, 0.6) is 0 Å². The molecule has 1 aliphatic rings. The summed E-state index contributed by atoms with van der Waals surface area (Å²) in [7, 11) is 2.12. The molecule has 0 saturated heterocycles. The number of halogens is 1. The third kappa shape index (κ3) is 3.43. The highest BCUT2D eigenvalue weighted by molar-refractivity contribution is 9.10. The van der Waals surface area contributed by atoms with Gasteiger partial charge in [0.1, 0.15) is 0 Å². The molecular weight excluding hydrogens is 496 g/mol. The second-order valence-corrected chi connectivity index (χ2v) is 10.0. The Labute approximate surface area is 213 Å². The molecule has 6 rings (SSSR count). The summed E-state index contributed by atoms with van der Waals surface area (Å²) in [5.41, 5.74) is 7.58. The van der Waals surface area contributed by atoms with E-state index < -0.39 is 0 Å². The van der Waals surface area contributed by atoms with Crippen LogP contribution in [0.4, 0.5) is 0 Å². The number of fused-ring (bicyclic) bond motifs is 2. The van der Waals surface area contributed by atoms with Gasteiger partial charge in [-0.15, -0.1) is 0 Å². The lowest BCUT2D eigenvalue weighted by Crippen LogP contribution is -2.31. The molecule has 35 heavy (non-hydrogen) atoms. The number of amides is 1. The van der Waals surface area contributed by atoms with Crippen LogP contribution in [-0.2, 0) is 7.05 Å². The Morgan fingerprint density at radius 3 is 2.23 bits per heavy atom. The highest BCUT2D eigenvalue weighted by Gasteiger charge is 2.43. The molecule has 0 bridgehead atoms. The molecule has 4 heteroatoms. The maximum atomic E-state index is 13.9. The lowest BCUT2D eigenvalue weighted by Gasteiger charge is -2.32. The average molecular weight is 521 g/mol. The minimum atomic E-state index is -0.196. The van der Waals surface area contributed by atoms with Gasteiger partial charge in [0.2, 0.25) is 0 Å². The van der Waals surface area contributed by atoms with E-state index in [2.05, 4.69) is 106 Å². The first-order valence-corrected chi connectivity index (χ1v) is 12.7. The van der Waals surface area contributed by atoms with E-state index in [0.29, 0.717) is 0 Å². The molecule has 0 N–H and O–H groups in total. The number of hydrogen-bond acceptors (Lipinski definition) is 1. The van der Waals surface area contributed by atoms with Crippen molar-refractivity contribution in [3.63, 3.8) is 0 Å². The zero-order valence-electron chi connectivity index (χ0n) is 19.7. The van der Waals surface area contributed by atoms with Crippen molar-refractivity contribution in [2.75, 3.05) is 0 Å². The van der Waals surface area contributed by atoms with Gasteiger partial charge in [0.05, 0.1) is 17.8 Å². The van der Waals surface area contributed by atoms with Gasteiger partial charge >= 0.3 is 0 Å². The average Bonchev–Trinajstić information content (AvgIpc) is 3.35. The van der Waals surface area contributed by atoms with Crippen LogP contribution in [0, 0.1) is 0 Å². The first kappa shape index (κ1) is 21.9. The fraction of sp³-hybridized carbons (Fsp3) is 0.129. The number of rotatable bonds is 4. The lowest BCUT2D eigenvalue weighted by atomic mass is 9.92. The predicted molar refractivity (Wildman–Crippen MR) is 145 cm³/mol. The highest BCUT2D eigenvalue weighted by Crippen LogP contribution is 2.49. The quantitative estimate of drug-likeness (QED) is 0.236. The largest absolute Gasteiger partial charge is 0.343 e. The predicted octanol–water partition coefficient (Wildman–Crippen LogP) is 7.91. The van der Waals surface area contributed by atoms with E-state index in [4.69, 9.17) is 0 Å². The van der Waals surface area contributed by atoms with Gasteiger partial charge < -0.3 is 9.47 Å². The van der Waals surface area contributed by atoms with Gasteiger partial charge in [0.25, 0.3) is 5.91 Å². The van der Waals surface area contributed by atoms with Crippen LogP contribution in [0.3, 0.4) is 0 Å². The van der Waals surface area contributed by atoms with E-state index in [1.54, 1.807) is 0 Å². The topological polar surface area (TPSA) is 25.2 Å². The van der Waals surface area contributed by atoms with Crippen LogP contribution >= 0.6 is 15.9 Å². The van der Waals surface area contributed by atoms with Crippen LogP contribution in [0.2, 0.25) is 0 Å². The molecule has 3 nitrogen and oxygen atoms in total. The third-order valence-electron chi connectivity index (χ3n) is 7.23. The Kier molecular flexibility index (Phi) is 5.34. The molecule has 1 amide bonds. The second kappa shape index (κ2) is 8.54. The van der Waals surface area contributed by atoms with E-state index in [0.717, 1.165) is 37.9 Å². The molecule has 2 unspecified atom stereocenters. The minimum Gasteiger partial charge on any atom is -0.343 e. The SMILES string of the molecule is CC(c1ccccc1)N1C(=O)c2ccccc2C1c1c(-c2ccc(Br)cc2)n(C)c2ccccc12. The van der Waals surface area contributed by atoms with Crippen LogP contribution in [0.25, 0.3) is 22.2 Å².